The lowest BCUT2D eigenvalue weighted by atomic mass is 10.1. The number of amides is 1. The van der Waals surface area contributed by atoms with E-state index in [0.29, 0.717) is 11.4 Å². The first-order valence-electron chi connectivity index (χ1n) is 5.68. The molecule has 1 amide bonds. The molecule has 5 nitrogen and oxygen atoms in total. The van der Waals surface area contributed by atoms with E-state index in [0.717, 1.165) is 5.56 Å². The number of nitrogens with two attached hydrogens (primary N) is 1. The Morgan fingerprint density at radius 1 is 1.33 bits per heavy atom. The van der Waals surface area contributed by atoms with E-state index in [9.17, 15) is 4.79 Å². The summed E-state index contributed by atoms with van der Waals surface area (Å²) < 4.78 is 5.20. The van der Waals surface area contributed by atoms with Crippen molar-refractivity contribution < 1.29 is 9.21 Å². The molecule has 0 aliphatic heterocycles. The van der Waals surface area contributed by atoms with Gasteiger partial charge in [-0.15, -0.1) is 0 Å². The van der Waals surface area contributed by atoms with E-state index in [4.69, 9.17) is 10.2 Å². The number of hydrogen-bond donors (Lipinski definition) is 2. The Labute approximate surface area is 105 Å². The molecular weight excluding hydrogens is 230 g/mol. The lowest BCUT2D eigenvalue weighted by molar-refractivity contribution is -0.119. The molecule has 2 rings (SSSR count). The van der Waals surface area contributed by atoms with E-state index in [1.807, 2.05) is 12.1 Å². The van der Waals surface area contributed by atoms with Gasteiger partial charge in [-0.3, -0.25) is 10.1 Å². The van der Waals surface area contributed by atoms with E-state index in [1.54, 1.807) is 26.0 Å². The number of carbonyl (C=O) groups is 1. The number of carbonyl (C=O) groups excluding carboxylic acids is 1. The van der Waals surface area contributed by atoms with E-state index < -0.39 is 0 Å². The van der Waals surface area contributed by atoms with Gasteiger partial charge in [0, 0.05) is 17.2 Å². The van der Waals surface area contributed by atoms with Gasteiger partial charge in [0.25, 0.3) is 0 Å². The number of nitrogens with zero attached hydrogens (tertiary/aromatic N) is 1. The second-order valence-corrected chi connectivity index (χ2v) is 4.30. The summed E-state index contributed by atoms with van der Waals surface area (Å²) in [6, 6.07) is 7.48. The average molecular weight is 245 g/mol. The summed E-state index contributed by atoms with van der Waals surface area (Å²) in [5.74, 6) is -0.238. The summed E-state index contributed by atoms with van der Waals surface area (Å²) in [6.07, 6.45) is 1.50. The van der Waals surface area contributed by atoms with Crippen LogP contribution in [0.5, 0.6) is 0 Å². The summed E-state index contributed by atoms with van der Waals surface area (Å²) in [7, 11) is 0. The van der Waals surface area contributed by atoms with Crippen molar-refractivity contribution in [2.45, 2.75) is 13.8 Å². The molecule has 94 valence electrons. The minimum Gasteiger partial charge on any atom is -0.431 e. The van der Waals surface area contributed by atoms with Gasteiger partial charge >= 0.3 is 6.01 Å². The topological polar surface area (TPSA) is 81.2 Å². The molecule has 5 heteroatoms. The monoisotopic (exact) mass is 245 g/mol. The third-order valence-corrected chi connectivity index (χ3v) is 2.47. The molecule has 0 saturated carbocycles. The Morgan fingerprint density at radius 2 is 2.00 bits per heavy atom. The number of anilines is 2. The molecule has 1 aromatic heterocycles. The zero-order valence-electron chi connectivity index (χ0n) is 10.3. The molecule has 0 aliphatic rings. The van der Waals surface area contributed by atoms with Crippen molar-refractivity contribution in [3.8, 4) is 11.3 Å². The standard InChI is InChI=1S/C13H15N3O2/c1-8(2)12(17)16-13-15-11(7-18-13)9-3-5-10(14)6-4-9/h3-8H,14H2,1-2H3,(H,15,16,17). The highest BCUT2D eigenvalue weighted by Crippen LogP contribution is 2.21. The van der Waals surface area contributed by atoms with E-state index in [-0.39, 0.29) is 17.8 Å². The van der Waals surface area contributed by atoms with Crippen molar-refractivity contribution in [3.05, 3.63) is 30.5 Å². The molecular formula is C13H15N3O2. The molecule has 1 aromatic carbocycles. The van der Waals surface area contributed by atoms with Crippen LogP contribution in [0.4, 0.5) is 11.7 Å². The van der Waals surface area contributed by atoms with E-state index in [2.05, 4.69) is 10.3 Å². The molecule has 0 unspecified atom stereocenters. The minimum atomic E-state index is -0.124. The Kier molecular flexibility index (Phi) is 3.32. The predicted molar refractivity (Wildman–Crippen MR) is 69.8 cm³/mol. The van der Waals surface area contributed by atoms with Crippen LogP contribution in [-0.2, 0) is 4.79 Å². The first kappa shape index (κ1) is 12.2. The van der Waals surface area contributed by atoms with E-state index in [1.165, 1.54) is 6.26 Å². The summed E-state index contributed by atoms with van der Waals surface area (Å²) in [6.45, 7) is 3.61. The number of hydrogen-bond acceptors (Lipinski definition) is 4. The fraction of sp³-hybridized carbons (Fsp3) is 0.231. The maximum atomic E-state index is 11.5. The van der Waals surface area contributed by atoms with Crippen LogP contribution in [0.2, 0.25) is 0 Å². The molecule has 1 heterocycles. The molecule has 0 aliphatic carbocycles. The lowest BCUT2D eigenvalue weighted by Gasteiger charge is -2.02. The van der Waals surface area contributed by atoms with Crippen molar-refractivity contribution in [2.24, 2.45) is 5.92 Å². The molecule has 0 fully saturated rings. The predicted octanol–water partition coefficient (Wildman–Crippen LogP) is 2.52. The van der Waals surface area contributed by atoms with Gasteiger partial charge in [-0.25, -0.2) is 0 Å². The Balaban J connectivity index is 2.15. The van der Waals surface area contributed by atoms with Gasteiger partial charge in [-0.2, -0.15) is 4.98 Å². The smallest absolute Gasteiger partial charge is 0.301 e. The average Bonchev–Trinajstić information content (AvgIpc) is 2.78. The van der Waals surface area contributed by atoms with Crippen LogP contribution >= 0.6 is 0 Å². The largest absolute Gasteiger partial charge is 0.431 e. The summed E-state index contributed by atoms with van der Waals surface area (Å²) >= 11 is 0. The van der Waals surface area contributed by atoms with Crippen LogP contribution in [0.25, 0.3) is 11.3 Å². The molecule has 0 bridgehead atoms. The van der Waals surface area contributed by atoms with E-state index >= 15 is 0 Å². The number of nitrogens with one attached hydrogen (secondary N) is 1. The summed E-state index contributed by atoms with van der Waals surface area (Å²) in [5.41, 5.74) is 7.85. The Bertz CT molecular complexity index is 544. The normalized spacial score (nSPS) is 10.6. The van der Waals surface area contributed by atoms with Crippen LogP contribution in [-0.4, -0.2) is 10.9 Å². The zero-order chi connectivity index (χ0) is 13.1. The first-order valence-corrected chi connectivity index (χ1v) is 5.68. The summed E-state index contributed by atoms with van der Waals surface area (Å²) in [5, 5.41) is 2.60. The van der Waals surface area contributed by atoms with Crippen LogP contribution in [0.3, 0.4) is 0 Å². The fourth-order valence-corrected chi connectivity index (χ4v) is 1.37. The minimum absolute atomic E-state index is 0.114. The maximum Gasteiger partial charge on any atom is 0.301 e. The lowest BCUT2D eigenvalue weighted by Crippen LogP contribution is -2.17. The van der Waals surface area contributed by atoms with Crippen molar-refractivity contribution in [1.82, 2.24) is 4.98 Å². The van der Waals surface area contributed by atoms with Gasteiger partial charge in [0.1, 0.15) is 12.0 Å². The van der Waals surface area contributed by atoms with Crippen molar-refractivity contribution in [3.63, 3.8) is 0 Å². The van der Waals surface area contributed by atoms with Crippen LogP contribution in [0, 0.1) is 5.92 Å². The molecule has 0 atom stereocenters. The Morgan fingerprint density at radius 3 is 2.61 bits per heavy atom. The second kappa shape index (κ2) is 4.91. The van der Waals surface area contributed by atoms with Crippen molar-refractivity contribution in [2.75, 3.05) is 11.1 Å². The third-order valence-electron chi connectivity index (χ3n) is 2.47. The molecule has 0 saturated heterocycles. The molecule has 0 spiro atoms. The highest BCUT2D eigenvalue weighted by atomic mass is 16.4. The van der Waals surface area contributed by atoms with Gasteiger partial charge in [0.05, 0.1) is 0 Å². The number of nitrogen functional groups attached to an aromatic ring is 1. The third kappa shape index (κ3) is 2.68. The maximum absolute atomic E-state index is 11.5. The van der Waals surface area contributed by atoms with Crippen LogP contribution in [0.1, 0.15) is 13.8 Å². The number of oxazole rings is 1. The van der Waals surface area contributed by atoms with Gasteiger partial charge in [-0.1, -0.05) is 26.0 Å². The highest BCUT2D eigenvalue weighted by Gasteiger charge is 2.11. The summed E-state index contributed by atoms with van der Waals surface area (Å²) in [4.78, 5) is 15.7. The van der Waals surface area contributed by atoms with Crippen LogP contribution < -0.4 is 11.1 Å². The Hall–Kier alpha value is -2.30. The van der Waals surface area contributed by atoms with Crippen LogP contribution in [0.15, 0.2) is 34.9 Å². The molecule has 18 heavy (non-hydrogen) atoms. The number of rotatable bonds is 3. The SMILES string of the molecule is CC(C)C(=O)Nc1nc(-c2ccc(N)cc2)co1. The molecule has 3 N–H and O–H groups in total. The van der Waals surface area contributed by atoms with Gasteiger partial charge in [0.15, 0.2) is 0 Å². The second-order valence-electron chi connectivity index (χ2n) is 4.30. The van der Waals surface area contributed by atoms with Gasteiger partial charge in [0.2, 0.25) is 5.91 Å². The highest BCUT2D eigenvalue weighted by molar-refractivity contribution is 5.90. The first-order chi connectivity index (χ1) is 8.56. The molecule has 2 aromatic rings. The fourth-order valence-electron chi connectivity index (χ4n) is 1.37. The van der Waals surface area contributed by atoms with Crippen molar-refractivity contribution in [1.29, 1.82) is 0 Å². The quantitative estimate of drug-likeness (QED) is 0.814. The number of benzene rings is 1. The number of aromatic nitrogens is 1. The molecule has 0 radical (unpaired) electrons. The van der Waals surface area contributed by atoms with Gasteiger partial charge in [-0.05, 0) is 12.1 Å². The van der Waals surface area contributed by atoms with Gasteiger partial charge < -0.3 is 10.2 Å². The van der Waals surface area contributed by atoms with Crippen molar-refractivity contribution >= 4 is 17.6 Å². The zero-order valence-corrected chi connectivity index (χ0v) is 10.3.